The van der Waals surface area contributed by atoms with Crippen LogP contribution < -0.4 is 5.32 Å². The summed E-state index contributed by atoms with van der Waals surface area (Å²) in [5, 5.41) is 1.71. The number of hydrogen-bond acceptors (Lipinski definition) is 4. The lowest BCUT2D eigenvalue weighted by Gasteiger charge is -2.26. The Morgan fingerprint density at radius 2 is 1.80 bits per heavy atom. The van der Waals surface area contributed by atoms with E-state index in [4.69, 9.17) is 4.74 Å². The molecule has 138 valence electrons. The summed E-state index contributed by atoms with van der Waals surface area (Å²) in [6, 6.07) is 5.72. The minimum absolute atomic E-state index is 0.105. The summed E-state index contributed by atoms with van der Waals surface area (Å²) in [4.78, 5) is 11.4. The van der Waals surface area contributed by atoms with E-state index in [1.807, 2.05) is 0 Å². The molecule has 1 N–H and O–H groups in total. The number of halogens is 3. The van der Waals surface area contributed by atoms with E-state index >= 15 is 0 Å². The van der Waals surface area contributed by atoms with Gasteiger partial charge in [0.15, 0.2) is 0 Å². The first-order chi connectivity index (χ1) is 11.7. The lowest BCUT2D eigenvalue weighted by atomic mass is 10.2. The summed E-state index contributed by atoms with van der Waals surface area (Å²) in [5.41, 5.74) is 0.489. The maximum atomic E-state index is 12.4. The first-order valence-corrected chi connectivity index (χ1v) is 8.83. The van der Waals surface area contributed by atoms with E-state index in [1.54, 1.807) is 5.32 Å². The minimum atomic E-state index is -4.47. The van der Waals surface area contributed by atoms with E-state index < -0.39 is 28.7 Å². The second-order valence-corrected chi connectivity index (χ2v) is 7.19. The molecule has 1 fully saturated rings. The molecule has 10 heteroatoms. The van der Waals surface area contributed by atoms with Crippen LogP contribution in [0.2, 0.25) is 0 Å². The lowest BCUT2D eigenvalue weighted by Crippen LogP contribution is -2.40. The van der Waals surface area contributed by atoms with Gasteiger partial charge in [0, 0.05) is 19.2 Å². The SMILES string of the molecule is O=C(/C=C/c1ccc(S(=O)(=O)N2CCOCC2)cc1)NCC(F)(F)F. The van der Waals surface area contributed by atoms with Gasteiger partial charge in [-0.05, 0) is 23.8 Å². The number of nitrogens with zero attached hydrogens (tertiary/aromatic N) is 1. The predicted molar refractivity (Wildman–Crippen MR) is 84.1 cm³/mol. The molecule has 0 aliphatic carbocycles. The maximum Gasteiger partial charge on any atom is 0.405 e. The van der Waals surface area contributed by atoms with Crippen LogP contribution >= 0.6 is 0 Å². The third kappa shape index (κ3) is 5.83. The molecule has 1 amide bonds. The van der Waals surface area contributed by atoms with Gasteiger partial charge in [0.05, 0.1) is 18.1 Å². The predicted octanol–water partition coefficient (Wildman–Crippen LogP) is 1.40. The van der Waals surface area contributed by atoms with Crippen molar-refractivity contribution in [2.24, 2.45) is 0 Å². The number of sulfonamides is 1. The molecule has 0 aromatic heterocycles. The Balaban J connectivity index is 1.99. The van der Waals surface area contributed by atoms with Crippen molar-refractivity contribution in [3.05, 3.63) is 35.9 Å². The summed E-state index contributed by atoms with van der Waals surface area (Å²) < 4.78 is 67.2. The third-order valence-corrected chi connectivity index (χ3v) is 5.29. The Hall–Kier alpha value is -1.91. The second kappa shape index (κ2) is 7.98. The number of rotatable bonds is 5. The van der Waals surface area contributed by atoms with Crippen LogP contribution in [0, 0.1) is 0 Å². The van der Waals surface area contributed by atoms with Crippen molar-refractivity contribution in [1.29, 1.82) is 0 Å². The number of carbonyl (C=O) groups is 1. The molecular weight excluding hydrogens is 361 g/mol. The van der Waals surface area contributed by atoms with E-state index in [0.717, 1.165) is 6.08 Å². The molecule has 25 heavy (non-hydrogen) atoms. The van der Waals surface area contributed by atoms with Crippen LogP contribution in [-0.4, -0.2) is 57.7 Å². The van der Waals surface area contributed by atoms with Crippen LogP contribution in [0.5, 0.6) is 0 Å². The average Bonchev–Trinajstić information content (AvgIpc) is 2.58. The van der Waals surface area contributed by atoms with Gasteiger partial charge in [-0.25, -0.2) is 8.42 Å². The van der Waals surface area contributed by atoms with Crippen molar-refractivity contribution in [3.8, 4) is 0 Å². The molecule has 0 radical (unpaired) electrons. The number of amides is 1. The van der Waals surface area contributed by atoms with Gasteiger partial charge in [0.1, 0.15) is 6.54 Å². The van der Waals surface area contributed by atoms with Gasteiger partial charge in [-0.15, -0.1) is 0 Å². The molecule has 1 aliphatic heterocycles. The number of nitrogens with one attached hydrogen (secondary N) is 1. The van der Waals surface area contributed by atoms with Crippen LogP contribution in [0.4, 0.5) is 13.2 Å². The molecule has 1 aromatic rings. The summed E-state index contributed by atoms with van der Waals surface area (Å²) in [5.74, 6) is -0.887. The van der Waals surface area contributed by atoms with Crippen molar-refractivity contribution < 1.29 is 31.1 Å². The third-order valence-electron chi connectivity index (χ3n) is 3.38. The second-order valence-electron chi connectivity index (χ2n) is 5.25. The molecule has 0 saturated carbocycles. The van der Waals surface area contributed by atoms with Gasteiger partial charge in [-0.2, -0.15) is 17.5 Å². The zero-order valence-electron chi connectivity index (χ0n) is 13.1. The molecule has 1 aromatic carbocycles. The van der Waals surface area contributed by atoms with Crippen molar-refractivity contribution in [2.45, 2.75) is 11.1 Å². The topological polar surface area (TPSA) is 75.7 Å². The van der Waals surface area contributed by atoms with E-state index in [0.29, 0.717) is 18.8 Å². The van der Waals surface area contributed by atoms with Crippen molar-refractivity contribution in [3.63, 3.8) is 0 Å². The Kier molecular flexibility index (Phi) is 6.20. The Morgan fingerprint density at radius 1 is 1.20 bits per heavy atom. The number of alkyl halides is 3. The van der Waals surface area contributed by atoms with E-state index in [9.17, 15) is 26.4 Å². The molecule has 1 heterocycles. The van der Waals surface area contributed by atoms with Gasteiger partial charge in [0.2, 0.25) is 15.9 Å². The molecule has 6 nitrogen and oxygen atoms in total. The number of hydrogen-bond donors (Lipinski definition) is 1. The Labute approximate surface area is 143 Å². The van der Waals surface area contributed by atoms with E-state index in [2.05, 4.69) is 0 Å². The highest BCUT2D eigenvalue weighted by molar-refractivity contribution is 7.89. The summed E-state index contributed by atoms with van der Waals surface area (Å²) in [7, 11) is -3.61. The summed E-state index contributed by atoms with van der Waals surface area (Å²) in [6.07, 6.45) is -2.22. The highest BCUT2D eigenvalue weighted by Crippen LogP contribution is 2.18. The average molecular weight is 378 g/mol. The van der Waals surface area contributed by atoms with E-state index in [-0.39, 0.29) is 18.0 Å². The smallest absolute Gasteiger partial charge is 0.379 e. The molecule has 0 atom stereocenters. The fourth-order valence-corrected chi connectivity index (χ4v) is 3.51. The largest absolute Gasteiger partial charge is 0.405 e. The highest BCUT2D eigenvalue weighted by atomic mass is 32.2. The van der Waals surface area contributed by atoms with Crippen LogP contribution in [0.1, 0.15) is 5.56 Å². The zero-order valence-corrected chi connectivity index (χ0v) is 13.9. The first kappa shape index (κ1) is 19.4. The fourth-order valence-electron chi connectivity index (χ4n) is 2.11. The standard InChI is InChI=1S/C15H17F3N2O4S/c16-15(17,18)11-19-14(21)6-3-12-1-4-13(5-2-12)25(22,23)20-7-9-24-10-8-20/h1-6H,7-11H2,(H,19,21)/b6-3+. The van der Waals surface area contributed by atoms with Crippen LogP contribution in [0.15, 0.2) is 35.2 Å². The minimum Gasteiger partial charge on any atom is -0.379 e. The number of benzene rings is 1. The quantitative estimate of drug-likeness (QED) is 0.786. The van der Waals surface area contributed by atoms with Gasteiger partial charge in [0.25, 0.3) is 0 Å². The molecule has 0 spiro atoms. The molecular formula is C15H17F3N2O4S. The Bertz CT molecular complexity index is 724. The maximum absolute atomic E-state index is 12.4. The molecule has 1 saturated heterocycles. The zero-order chi connectivity index (χ0) is 18.5. The number of ether oxygens (including phenoxy) is 1. The fraction of sp³-hybridized carbons (Fsp3) is 0.400. The van der Waals surface area contributed by atoms with Crippen LogP contribution in [-0.2, 0) is 19.6 Å². The van der Waals surface area contributed by atoms with E-state index in [1.165, 1.54) is 34.6 Å². The molecule has 0 unspecified atom stereocenters. The first-order valence-electron chi connectivity index (χ1n) is 7.39. The highest BCUT2D eigenvalue weighted by Gasteiger charge is 2.27. The van der Waals surface area contributed by atoms with Gasteiger partial charge in [-0.3, -0.25) is 4.79 Å². The number of carbonyl (C=O) groups excluding carboxylic acids is 1. The van der Waals surface area contributed by atoms with Gasteiger partial charge >= 0.3 is 6.18 Å². The van der Waals surface area contributed by atoms with Crippen LogP contribution in [0.3, 0.4) is 0 Å². The van der Waals surface area contributed by atoms with Gasteiger partial charge < -0.3 is 10.1 Å². The summed E-state index contributed by atoms with van der Waals surface area (Å²) >= 11 is 0. The van der Waals surface area contributed by atoms with Crippen LogP contribution in [0.25, 0.3) is 6.08 Å². The van der Waals surface area contributed by atoms with Crippen molar-refractivity contribution in [2.75, 3.05) is 32.8 Å². The van der Waals surface area contributed by atoms with Gasteiger partial charge in [-0.1, -0.05) is 12.1 Å². The molecule has 2 rings (SSSR count). The van der Waals surface area contributed by atoms with Crippen molar-refractivity contribution >= 4 is 22.0 Å². The lowest BCUT2D eigenvalue weighted by molar-refractivity contribution is -0.135. The monoisotopic (exact) mass is 378 g/mol. The summed E-state index contributed by atoms with van der Waals surface area (Å²) in [6.45, 7) is -0.167. The molecule has 0 bridgehead atoms. The van der Waals surface area contributed by atoms with Crippen molar-refractivity contribution in [1.82, 2.24) is 9.62 Å². The Morgan fingerprint density at radius 3 is 2.36 bits per heavy atom. The number of morpholine rings is 1. The molecule has 1 aliphatic rings. The normalized spacial score (nSPS) is 16.9.